The van der Waals surface area contributed by atoms with Crippen LogP contribution in [0, 0.1) is 0 Å². The zero-order chi connectivity index (χ0) is 13.8. The molecular weight excluding hydrogens is 332 g/mol. The van der Waals surface area contributed by atoms with Crippen molar-refractivity contribution in [2.45, 2.75) is 6.54 Å². The fourth-order valence-electron chi connectivity index (χ4n) is 1.37. The first-order chi connectivity index (χ1) is 9.08. The fourth-order valence-corrected chi connectivity index (χ4v) is 2.51. The topological polar surface area (TPSA) is 76.0 Å². The molecule has 0 aliphatic carbocycles. The molecule has 19 heavy (non-hydrogen) atoms. The number of rotatable bonds is 4. The molecule has 0 aliphatic rings. The molecule has 2 amide bonds. The average molecular weight is 343 g/mol. The van der Waals surface area contributed by atoms with Gasteiger partial charge < -0.3 is 10.6 Å². The van der Waals surface area contributed by atoms with Crippen molar-refractivity contribution in [1.29, 1.82) is 0 Å². The highest BCUT2D eigenvalue weighted by Gasteiger charge is 2.10. The van der Waals surface area contributed by atoms with Crippen molar-refractivity contribution in [3.05, 3.63) is 33.2 Å². The Morgan fingerprint density at radius 2 is 2.32 bits per heavy atom. The number of nitrogens with one attached hydrogen (secondary N) is 2. The summed E-state index contributed by atoms with van der Waals surface area (Å²) >= 11 is 4.74. The van der Waals surface area contributed by atoms with Gasteiger partial charge in [-0.15, -0.1) is 11.3 Å². The Morgan fingerprint density at radius 1 is 1.53 bits per heavy atom. The summed E-state index contributed by atoms with van der Waals surface area (Å²) in [6.45, 7) is 0.121. The summed E-state index contributed by atoms with van der Waals surface area (Å²) in [6.07, 6.45) is 3.11. The SMILES string of the molecule is CNC(=O)Cn1cc(NC(=O)c2csc(Br)c2)cn1. The summed E-state index contributed by atoms with van der Waals surface area (Å²) in [7, 11) is 1.56. The molecule has 0 aromatic carbocycles. The Morgan fingerprint density at radius 3 is 2.95 bits per heavy atom. The summed E-state index contributed by atoms with van der Waals surface area (Å²) in [5, 5.41) is 11.0. The van der Waals surface area contributed by atoms with Crippen molar-refractivity contribution in [3.63, 3.8) is 0 Å². The number of thiophene rings is 1. The van der Waals surface area contributed by atoms with Crippen LogP contribution in [0.3, 0.4) is 0 Å². The largest absolute Gasteiger partial charge is 0.358 e. The number of halogens is 1. The first-order valence-corrected chi connectivity index (χ1v) is 7.04. The molecule has 2 N–H and O–H groups in total. The van der Waals surface area contributed by atoms with Gasteiger partial charge in [0.2, 0.25) is 5.91 Å². The van der Waals surface area contributed by atoms with E-state index in [4.69, 9.17) is 0 Å². The van der Waals surface area contributed by atoms with Crippen molar-refractivity contribution in [2.75, 3.05) is 12.4 Å². The molecule has 0 fully saturated rings. The molecule has 0 atom stereocenters. The molecule has 6 nitrogen and oxygen atoms in total. The van der Waals surface area contributed by atoms with E-state index in [1.54, 1.807) is 24.7 Å². The molecule has 100 valence electrons. The van der Waals surface area contributed by atoms with Gasteiger partial charge in [-0.05, 0) is 22.0 Å². The molecule has 0 spiro atoms. The third-order valence-electron chi connectivity index (χ3n) is 2.31. The maximum atomic E-state index is 11.9. The lowest BCUT2D eigenvalue weighted by atomic mass is 10.3. The molecule has 0 radical (unpaired) electrons. The van der Waals surface area contributed by atoms with E-state index in [2.05, 4.69) is 31.7 Å². The minimum atomic E-state index is -0.207. The van der Waals surface area contributed by atoms with Gasteiger partial charge in [-0.2, -0.15) is 5.10 Å². The Kier molecular flexibility index (Phi) is 4.33. The maximum absolute atomic E-state index is 11.9. The summed E-state index contributed by atoms with van der Waals surface area (Å²) in [5.74, 6) is -0.357. The highest BCUT2D eigenvalue weighted by Crippen LogP contribution is 2.21. The van der Waals surface area contributed by atoms with Gasteiger partial charge in [0.1, 0.15) is 6.54 Å². The molecule has 0 saturated carbocycles. The van der Waals surface area contributed by atoms with Gasteiger partial charge in [-0.3, -0.25) is 14.3 Å². The molecule has 0 unspecified atom stereocenters. The van der Waals surface area contributed by atoms with Gasteiger partial charge in [0.05, 0.1) is 21.2 Å². The lowest BCUT2D eigenvalue weighted by molar-refractivity contribution is -0.121. The smallest absolute Gasteiger partial charge is 0.256 e. The van der Waals surface area contributed by atoms with E-state index in [0.717, 1.165) is 3.79 Å². The number of amides is 2. The van der Waals surface area contributed by atoms with E-state index in [-0.39, 0.29) is 18.4 Å². The van der Waals surface area contributed by atoms with Crippen LogP contribution < -0.4 is 10.6 Å². The number of aromatic nitrogens is 2. The van der Waals surface area contributed by atoms with Crippen molar-refractivity contribution < 1.29 is 9.59 Å². The standard InChI is InChI=1S/C11H11BrN4O2S/c1-13-10(17)5-16-4-8(3-14-16)15-11(18)7-2-9(12)19-6-7/h2-4,6H,5H2,1H3,(H,13,17)(H,15,18). The number of anilines is 1. The Labute approximate surface area is 121 Å². The zero-order valence-electron chi connectivity index (χ0n) is 10.0. The average Bonchev–Trinajstić information content (AvgIpc) is 2.98. The number of hydrogen-bond donors (Lipinski definition) is 2. The second kappa shape index (κ2) is 5.98. The van der Waals surface area contributed by atoms with Crippen molar-refractivity contribution >= 4 is 44.8 Å². The van der Waals surface area contributed by atoms with E-state index in [9.17, 15) is 9.59 Å². The van der Waals surface area contributed by atoms with E-state index in [1.807, 2.05) is 0 Å². The van der Waals surface area contributed by atoms with Crippen LogP contribution >= 0.6 is 27.3 Å². The quantitative estimate of drug-likeness (QED) is 0.887. The molecule has 2 rings (SSSR count). The third kappa shape index (κ3) is 3.65. The van der Waals surface area contributed by atoms with Crippen LogP contribution in [0.15, 0.2) is 27.6 Å². The second-order valence-corrected chi connectivity index (χ2v) is 5.98. The lowest BCUT2D eigenvalue weighted by Crippen LogP contribution is -2.23. The van der Waals surface area contributed by atoms with Crippen LogP contribution in [0.5, 0.6) is 0 Å². The number of carbonyl (C=O) groups is 2. The maximum Gasteiger partial charge on any atom is 0.256 e. The third-order valence-corrected chi connectivity index (χ3v) is 3.81. The van der Waals surface area contributed by atoms with Gasteiger partial charge in [0.25, 0.3) is 5.91 Å². The van der Waals surface area contributed by atoms with Crippen LogP contribution in [0.25, 0.3) is 0 Å². The van der Waals surface area contributed by atoms with Gasteiger partial charge in [0.15, 0.2) is 0 Å². The van der Waals surface area contributed by atoms with Crippen molar-refractivity contribution in [1.82, 2.24) is 15.1 Å². The van der Waals surface area contributed by atoms with E-state index in [0.29, 0.717) is 11.3 Å². The minimum absolute atomic E-state index is 0.121. The summed E-state index contributed by atoms with van der Waals surface area (Å²) in [6, 6.07) is 1.74. The van der Waals surface area contributed by atoms with Crippen LogP contribution in [-0.2, 0) is 11.3 Å². The predicted octanol–water partition coefficient (Wildman–Crippen LogP) is 1.71. The second-order valence-electron chi connectivity index (χ2n) is 3.69. The first kappa shape index (κ1) is 13.8. The molecule has 0 bridgehead atoms. The molecule has 2 heterocycles. The molecule has 0 saturated heterocycles. The van der Waals surface area contributed by atoms with Crippen LogP contribution in [0.4, 0.5) is 5.69 Å². The van der Waals surface area contributed by atoms with Crippen molar-refractivity contribution in [2.24, 2.45) is 0 Å². The van der Waals surface area contributed by atoms with Gasteiger partial charge in [-0.25, -0.2) is 0 Å². The Balaban J connectivity index is 2.00. The zero-order valence-corrected chi connectivity index (χ0v) is 12.4. The number of likely N-dealkylation sites (N-methyl/N-ethyl adjacent to an activating group) is 1. The minimum Gasteiger partial charge on any atom is -0.358 e. The Hall–Kier alpha value is -1.67. The molecule has 0 aliphatic heterocycles. The Bertz CT molecular complexity index is 607. The molecule has 2 aromatic rings. The van der Waals surface area contributed by atoms with Crippen molar-refractivity contribution in [3.8, 4) is 0 Å². The number of carbonyl (C=O) groups excluding carboxylic acids is 2. The van der Waals surface area contributed by atoms with Gasteiger partial charge in [0, 0.05) is 18.6 Å². The summed E-state index contributed by atoms with van der Waals surface area (Å²) in [5.41, 5.74) is 1.13. The van der Waals surface area contributed by atoms with E-state index >= 15 is 0 Å². The van der Waals surface area contributed by atoms with Crippen LogP contribution in [-0.4, -0.2) is 28.6 Å². The fraction of sp³-hybridized carbons (Fsp3) is 0.182. The normalized spacial score (nSPS) is 10.2. The van der Waals surface area contributed by atoms with E-state index in [1.165, 1.54) is 22.2 Å². The molecule has 2 aromatic heterocycles. The van der Waals surface area contributed by atoms with Gasteiger partial charge in [-0.1, -0.05) is 0 Å². The van der Waals surface area contributed by atoms with Gasteiger partial charge >= 0.3 is 0 Å². The highest BCUT2D eigenvalue weighted by molar-refractivity contribution is 9.11. The van der Waals surface area contributed by atoms with E-state index < -0.39 is 0 Å². The first-order valence-electron chi connectivity index (χ1n) is 5.37. The summed E-state index contributed by atoms with van der Waals surface area (Å²) in [4.78, 5) is 23.0. The molecular formula is C11H11BrN4O2S. The summed E-state index contributed by atoms with van der Waals surface area (Å²) < 4.78 is 2.35. The number of nitrogens with zero attached hydrogens (tertiary/aromatic N) is 2. The highest BCUT2D eigenvalue weighted by atomic mass is 79.9. The van der Waals surface area contributed by atoms with Crippen LogP contribution in [0.1, 0.15) is 10.4 Å². The molecule has 8 heteroatoms. The van der Waals surface area contributed by atoms with Crippen LogP contribution in [0.2, 0.25) is 0 Å². The lowest BCUT2D eigenvalue weighted by Gasteiger charge is -2.00. The predicted molar refractivity (Wildman–Crippen MR) is 76.3 cm³/mol. The monoisotopic (exact) mass is 342 g/mol. The number of hydrogen-bond acceptors (Lipinski definition) is 4.